The van der Waals surface area contributed by atoms with Gasteiger partial charge in [0.2, 0.25) is 10.0 Å². The first-order chi connectivity index (χ1) is 19.9. The van der Waals surface area contributed by atoms with Crippen LogP contribution in [0, 0.1) is 17.8 Å². The highest BCUT2D eigenvalue weighted by Crippen LogP contribution is 2.53. The highest BCUT2D eigenvalue weighted by atomic mass is 32.2. The van der Waals surface area contributed by atoms with Crippen molar-refractivity contribution in [1.82, 2.24) is 9.62 Å². The number of thiophene rings is 1. The predicted molar refractivity (Wildman–Crippen MR) is 157 cm³/mol. The number of aliphatic hydroxyl groups excluding tert-OH is 1. The van der Waals surface area contributed by atoms with E-state index in [1.807, 2.05) is 6.07 Å². The van der Waals surface area contributed by atoms with Crippen LogP contribution < -0.4 is 19.5 Å². The maximum Gasteiger partial charge on any atom is 0.287 e. The normalized spacial score (nSPS) is 26.3. The summed E-state index contributed by atoms with van der Waals surface area (Å²) in [6.07, 6.45) is 4.72. The van der Waals surface area contributed by atoms with Crippen LogP contribution >= 0.6 is 11.3 Å². The van der Waals surface area contributed by atoms with Gasteiger partial charge in [0.05, 0.1) is 20.5 Å². The van der Waals surface area contributed by atoms with Crippen LogP contribution in [0.25, 0.3) is 0 Å². The Morgan fingerprint density at radius 2 is 1.86 bits per heavy atom. The van der Waals surface area contributed by atoms with E-state index in [2.05, 4.69) is 14.4 Å². The number of ether oxygens (including phenoxy) is 2. The molecule has 226 valence electrons. The topological polar surface area (TPSA) is 164 Å². The molecule has 0 saturated heterocycles. The lowest BCUT2D eigenvalue weighted by Crippen LogP contribution is -2.60. The zero-order chi connectivity index (χ0) is 30.0. The maximum absolute atomic E-state index is 14.3. The minimum atomic E-state index is -4.33. The van der Waals surface area contributed by atoms with E-state index >= 15 is 0 Å². The Balaban J connectivity index is 1.41. The molecule has 2 bridgehead atoms. The number of carbonyl (C=O) groups excluding carboxylic acids is 1. The number of nitrogens with zero attached hydrogens (tertiary/aromatic N) is 2. The van der Waals surface area contributed by atoms with Crippen molar-refractivity contribution in [3.05, 3.63) is 46.0 Å². The number of carbonyl (C=O) groups is 1. The van der Waals surface area contributed by atoms with E-state index < -0.39 is 26.0 Å². The van der Waals surface area contributed by atoms with Gasteiger partial charge in [-0.2, -0.15) is 8.42 Å². The van der Waals surface area contributed by atoms with Gasteiger partial charge in [0.1, 0.15) is 32.7 Å². The van der Waals surface area contributed by atoms with E-state index in [-0.39, 0.29) is 69.5 Å². The summed E-state index contributed by atoms with van der Waals surface area (Å²) < 4.78 is 67.2. The Kier molecular flexibility index (Phi) is 7.27. The van der Waals surface area contributed by atoms with Crippen LogP contribution in [0.4, 0.5) is 5.00 Å². The fraction of sp³-hybridized carbons (Fsp3) is 0.481. The second-order valence-electron chi connectivity index (χ2n) is 11.1. The molecule has 1 aromatic heterocycles. The first kappa shape index (κ1) is 29.0. The van der Waals surface area contributed by atoms with Crippen LogP contribution in [-0.2, 0) is 37.9 Å². The van der Waals surface area contributed by atoms with Gasteiger partial charge in [-0.05, 0) is 55.0 Å². The number of nitrogens with one attached hydrogen (secondary N) is 2. The number of methoxy groups -OCH3 is 2. The molecule has 3 fully saturated rings. The quantitative estimate of drug-likeness (QED) is 0.395. The Hall–Kier alpha value is -3.14. The van der Waals surface area contributed by atoms with Crippen LogP contribution in [-0.4, -0.2) is 65.1 Å². The largest absolute Gasteiger partial charge is 0.511 e. The summed E-state index contributed by atoms with van der Waals surface area (Å²) in [4.78, 5) is 15.9. The fourth-order valence-corrected chi connectivity index (χ4v) is 9.88. The molecule has 0 spiro atoms. The summed E-state index contributed by atoms with van der Waals surface area (Å²) in [6.45, 7) is -0.0354. The zero-order valence-electron chi connectivity index (χ0n) is 23.3. The molecule has 42 heavy (non-hydrogen) atoms. The fourth-order valence-electron chi connectivity index (χ4n) is 6.86. The summed E-state index contributed by atoms with van der Waals surface area (Å²) in [5.41, 5.74) is 0.832. The van der Waals surface area contributed by atoms with E-state index in [9.17, 15) is 26.7 Å². The van der Waals surface area contributed by atoms with E-state index in [1.165, 1.54) is 5.38 Å². The second kappa shape index (κ2) is 10.5. The third-order valence-corrected chi connectivity index (χ3v) is 11.8. The molecule has 3 N–H and O–H groups in total. The van der Waals surface area contributed by atoms with E-state index in [4.69, 9.17) is 9.47 Å². The highest BCUT2D eigenvalue weighted by molar-refractivity contribution is 7.91. The standard InChI is InChI=1S/C27H32N4O8S3/c1-38-18-9-8-16(19(10-18)39-2)12-31-22-15-6-4-14(5-7-15)20(22)23(32)21(27(31)33)25-29-26-24(42(36,37)30-25)17(13-40-26)11-28-41(3,34)35/h8-10,13-15,20,22,28,32H,4-7,11-12H2,1-3H3,(H,29,30)/t14?,15?,20-,22+/m1/s1. The van der Waals surface area contributed by atoms with Gasteiger partial charge in [0, 0.05) is 42.2 Å². The number of hydrogen-bond acceptors (Lipinski definition) is 10. The molecule has 0 radical (unpaired) electrons. The number of anilines is 1. The van der Waals surface area contributed by atoms with Gasteiger partial charge < -0.3 is 24.8 Å². The number of benzene rings is 1. The highest BCUT2D eigenvalue weighted by Gasteiger charge is 2.54. The number of fused-ring (bicyclic) bond motifs is 3. The van der Waals surface area contributed by atoms with Crippen molar-refractivity contribution in [2.45, 2.75) is 49.7 Å². The molecule has 2 aliphatic heterocycles. The third kappa shape index (κ3) is 4.95. The molecule has 1 aromatic carbocycles. The minimum Gasteiger partial charge on any atom is -0.511 e. The molecule has 1 amide bonds. The molecule has 3 heterocycles. The van der Waals surface area contributed by atoms with Crippen molar-refractivity contribution in [2.24, 2.45) is 22.2 Å². The van der Waals surface area contributed by atoms with E-state index in [1.54, 1.807) is 31.3 Å². The molecule has 12 nitrogen and oxygen atoms in total. The van der Waals surface area contributed by atoms with Crippen molar-refractivity contribution in [3.8, 4) is 11.5 Å². The Morgan fingerprint density at radius 1 is 1.14 bits per heavy atom. The van der Waals surface area contributed by atoms with Crippen molar-refractivity contribution in [2.75, 3.05) is 25.8 Å². The average Bonchev–Trinajstić information content (AvgIpc) is 3.38. The molecule has 3 aliphatic carbocycles. The molecule has 2 atom stereocenters. The average molecular weight is 637 g/mol. The van der Waals surface area contributed by atoms with E-state index in [0.717, 1.165) is 48.8 Å². The lowest BCUT2D eigenvalue weighted by Gasteiger charge is -2.54. The number of hydrogen-bond donors (Lipinski definition) is 3. The first-order valence-electron chi connectivity index (χ1n) is 13.5. The number of sulfonamides is 2. The molecular formula is C27H32N4O8S3. The van der Waals surface area contributed by atoms with Crippen LogP contribution in [0.15, 0.2) is 44.2 Å². The van der Waals surface area contributed by atoms with Gasteiger partial charge >= 0.3 is 0 Å². The number of aliphatic hydroxyl groups is 1. The maximum atomic E-state index is 14.3. The Labute approximate surface area is 248 Å². The first-order valence-corrected chi connectivity index (χ1v) is 17.7. The minimum absolute atomic E-state index is 0.127. The molecule has 15 heteroatoms. The SMILES string of the molecule is COc1ccc(CN2C(=O)C(C3=NS(=O)(=O)c4c(CNS(C)(=O)=O)csc4N3)=C(O)[C@@H]3C4CCC(CC4)[C@@H]32)c(OC)c1. The summed E-state index contributed by atoms with van der Waals surface area (Å²) in [5.74, 6) is 0.288. The molecule has 2 aromatic rings. The van der Waals surface area contributed by atoms with Gasteiger partial charge in [-0.3, -0.25) is 4.79 Å². The van der Waals surface area contributed by atoms with Gasteiger partial charge in [-0.1, -0.05) is 0 Å². The summed E-state index contributed by atoms with van der Waals surface area (Å²) in [5, 5.41) is 16.4. The van der Waals surface area contributed by atoms with Crippen molar-refractivity contribution in [1.29, 1.82) is 0 Å². The monoisotopic (exact) mass is 636 g/mol. The number of rotatable bonds is 8. The van der Waals surface area contributed by atoms with Crippen molar-refractivity contribution >= 4 is 48.1 Å². The third-order valence-electron chi connectivity index (χ3n) is 8.70. The predicted octanol–water partition coefficient (Wildman–Crippen LogP) is 2.99. The summed E-state index contributed by atoms with van der Waals surface area (Å²) in [7, 11) is -4.79. The van der Waals surface area contributed by atoms with Crippen LogP contribution in [0.2, 0.25) is 0 Å². The van der Waals surface area contributed by atoms with Gasteiger partial charge in [0.15, 0.2) is 5.84 Å². The molecule has 5 aliphatic rings. The number of amidine groups is 1. The van der Waals surface area contributed by atoms with Gasteiger partial charge in [-0.25, -0.2) is 13.1 Å². The Bertz CT molecular complexity index is 1720. The second-order valence-corrected chi connectivity index (χ2v) is 15.4. The number of amides is 1. The van der Waals surface area contributed by atoms with Crippen molar-refractivity contribution < 1.29 is 36.2 Å². The van der Waals surface area contributed by atoms with Crippen LogP contribution in [0.1, 0.15) is 36.8 Å². The smallest absolute Gasteiger partial charge is 0.287 e. The molecular weight excluding hydrogens is 605 g/mol. The van der Waals surface area contributed by atoms with Crippen LogP contribution in [0.3, 0.4) is 0 Å². The molecule has 7 rings (SSSR count). The van der Waals surface area contributed by atoms with Crippen LogP contribution in [0.5, 0.6) is 11.5 Å². The lowest BCUT2D eigenvalue weighted by molar-refractivity contribution is -0.140. The molecule has 0 unspecified atom stereocenters. The van der Waals surface area contributed by atoms with E-state index in [0.29, 0.717) is 11.5 Å². The van der Waals surface area contributed by atoms with Gasteiger partial charge in [-0.15, -0.1) is 15.7 Å². The summed E-state index contributed by atoms with van der Waals surface area (Å²) >= 11 is 1.06. The zero-order valence-corrected chi connectivity index (χ0v) is 25.7. The van der Waals surface area contributed by atoms with Gasteiger partial charge in [0.25, 0.3) is 15.9 Å². The van der Waals surface area contributed by atoms with Crippen molar-refractivity contribution in [3.63, 3.8) is 0 Å². The molecule has 3 saturated carbocycles. The lowest BCUT2D eigenvalue weighted by atomic mass is 9.59. The Morgan fingerprint density at radius 3 is 2.52 bits per heavy atom. The summed E-state index contributed by atoms with van der Waals surface area (Å²) in [6, 6.07) is 5.13.